The summed E-state index contributed by atoms with van der Waals surface area (Å²) in [4.78, 5) is 20.2. The third-order valence-electron chi connectivity index (χ3n) is 5.60. The average molecular weight is 366 g/mol. The number of carbonyl (C=O) groups is 1. The quantitative estimate of drug-likeness (QED) is 0.620. The molecule has 1 aliphatic rings. The van der Waals surface area contributed by atoms with Gasteiger partial charge in [-0.15, -0.1) is 0 Å². The molecular weight excluding hydrogens is 340 g/mol. The maximum atomic E-state index is 12.8. The molecule has 27 heavy (non-hydrogen) atoms. The molecular formula is C21H26N4O2. The molecule has 2 heterocycles. The van der Waals surface area contributed by atoms with E-state index in [4.69, 9.17) is 0 Å². The Morgan fingerprint density at radius 3 is 2.74 bits per heavy atom. The van der Waals surface area contributed by atoms with Gasteiger partial charge in [-0.2, -0.15) is 0 Å². The molecule has 6 nitrogen and oxygen atoms in total. The summed E-state index contributed by atoms with van der Waals surface area (Å²) in [5.74, 6) is 0.590. The second kappa shape index (κ2) is 7.56. The molecule has 0 bridgehead atoms. The third kappa shape index (κ3) is 4.06. The highest BCUT2D eigenvalue weighted by molar-refractivity contribution is 5.93. The Hall–Kier alpha value is -2.60. The molecule has 6 heteroatoms. The van der Waals surface area contributed by atoms with Gasteiger partial charge in [0.25, 0.3) is 0 Å². The van der Waals surface area contributed by atoms with Gasteiger partial charge in [0, 0.05) is 31.0 Å². The Kier molecular flexibility index (Phi) is 4.99. The summed E-state index contributed by atoms with van der Waals surface area (Å²) < 4.78 is 2.20. The van der Waals surface area contributed by atoms with E-state index in [2.05, 4.69) is 32.2 Å². The average Bonchev–Trinajstić information content (AvgIpc) is 3.30. The number of nitrogens with zero attached hydrogens (tertiary/aromatic N) is 2. The number of aromatic nitrogens is 3. The number of hydrogen-bond acceptors (Lipinski definition) is 3. The summed E-state index contributed by atoms with van der Waals surface area (Å²) in [6, 6.07) is 9.67. The Morgan fingerprint density at radius 1 is 1.22 bits per heavy atom. The molecule has 1 aromatic carbocycles. The Labute approximate surface area is 158 Å². The molecule has 142 valence electrons. The largest absolute Gasteiger partial charge is 0.388 e. The number of amides is 1. The minimum absolute atomic E-state index is 0.0313. The molecule has 1 saturated carbocycles. The number of nitrogens with one attached hydrogen (secondary N) is 2. The number of fused-ring (bicyclic) bond motifs is 1. The summed E-state index contributed by atoms with van der Waals surface area (Å²) in [5, 5.41) is 12.3. The van der Waals surface area contributed by atoms with E-state index in [-0.39, 0.29) is 17.9 Å². The van der Waals surface area contributed by atoms with Gasteiger partial charge in [-0.25, -0.2) is 4.98 Å². The van der Waals surface area contributed by atoms with Crippen LogP contribution in [0.5, 0.6) is 0 Å². The van der Waals surface area contributed by atoms with Crippen molar-refractivity contribution in [2.45, 2.75) is 51.7 Å². The van der Waals surface area contributed by atoms with Crippen LogP contribution in [0.2, 0.25) is 0 Å². The Balaban J connectivity index is 1.47. The minimum atomic E-state index is -0.127. The lowest BCUT2D eigenvalue weighted by Gasteiger charge is -2.37. The molecule has 4 rings (SSSR count). The molecule has 0 atom stereocenters. The van der Waals surface area contributed by atoms with Gasteiger partial charge < -0.3 is 20.0 Å². The van der Waals surface area contributed by atoms with Crippen LogP contribution in [0, 0.1) is 5.41 Å². The van der Waals surface area contributed by atoms with E-state index in [9.17, 15) is 9.90 Å². The van der Waals surface area contributed by atoms with Gasteiger partial charge in [0.05, 0.1) is 11.0 Å². The van der Waals surface area contributed by atoms with Crippen LogP contribution in [0.15, 0.2) is 42.7 Å². The lowest BCUT2D eigenvalue weighted by molar-refractivity contribution is -0.119. The van der Waals surface area contributed by atoms with Crippen molar-refractivity contribution < 1.29 is 9.90 Å². The highest BCUT2D eigenvalue weighted by Gasteiger charge is 2.34. The number of carbonyl (C=O) groups excluding carboxylic acids is 1. The van der Waals surface area contributed by atoms with Crippen LogP contribution < -0.4 is 5.32 Å². The van der Waals surface area contributed by atoms with Crippen molar-refractivity contribution in [1.29, 1.82) is 0 Å². The van der Waals surface area contributed by atoms with Crippen LogP contribution in [0.3, 0.4) is 0 Å². The second-order valence-electron chi connectivity index (χ2n) is 7.71. The first kappa shape index (κ1) is 17.8. The lowest BCUT2D eigenvalue weighted by Crippen LogP contribution is -2.33. The van der Waals surface area contributed by atoms with Crippen LogP contribution in [0.1, 0.15) is 44.3 Å². The summed E-state index contributed by atoms with van der Waals surface area (Å²) in [6.07, 6.45) is 10.5. The molecule has 3 aromatic rings. The molecule has 1 amide bonds. The van der Waals surface area contributed by atoms with Crippen molar-refractivity contribution in [3.8, 4) is 0 Å². The molecule has 1 aliphatic carbocycles. The minimum Gasteiger partial charge on any atom is -0.388 e. The maximum absolute atomic E-state index is 12.8. The number of H-pyrrole nitrogens is 1. The standard InChI is InChI=1S/C21H26N4O2/c26-14-19-23-17-7-6-16(12-18(17)24-19)22-20(27)13-21(8-2-1-3-9-21)15-25-10-4-5-11-25/h4-7,10-12,26H,1-3,8-9,13-15H2,(H,22,27)(H,23,24). The topological polar surface area (TPSA) is 82.9 Å². The van der Waals surface area contributed by atoms with E-state index >= 15 is 0 Å². The first-order valence-electron chi connectivity index (χ1n) is 9.66. The zero-order valence-corrected chi connectivity index (χ0v) is 15.4. The number of benzene rings is 1. The third-order valence-corrected chi connectivity index (χ3v) is 5.60. The number of rotatable bonds is 6. The van der Waals surface area contributed by atoms with E-state index in [1.165, 1.54) is 19.3 Å². The van der Waals surface area contributed by atoms with Crippen LogP contribution in [-0.2, 0) is 17.9 Å². The molecule has 0 spiro atoms. The molecule has 1 fully saturated rings. The van der Waals surface area contributed by atoms with Crippen LogP contribution in [-0.4, -0.2) is 25.5 Å². The monoisotopic (exact) mass is 366 g/mol. The number of aromatic amines is 1. The molecule has 0 unspecified atom stereocenters. The lowest BCUT2D eigenvalue weighted by atomic mass is 9.71. The predicted molar refractivity (Wildman–Crippen MR) is 105 cm³/mol. The van der Waals surface area contributed by atoms with Gasteiger partial charge in [0.2, 0.25) is 5.91 Å². The molecule has 0 aliphatic heterocycles. The van der Waals surface area contributed by atoms with Gasteiger partial charge in [0.15, 0.2) is 0 Å². The van der Waals surface area contributed by atoms with Crippen molar-refractivity contribution in [1.82, 2.24) is 14.5 Å². The van der Waals surface area contributed by atoms with E-state index in [1.54, 1.807) is 0 Å². The summed E-state index contributed by atoms with van der Waals surface area (Å²) >= 11 is 0. The molecule has 0 radical (unpaired) electrons. The van der Waals surface area contributed by atoms with Crippen molar-refractivity contribution in [2.24, 2.45) is 5.41 Å². The molecule has 3 N–H and O–H groups in total. The van der Waals surface area contributed by atoms with Crippen molar-refractivity contribution in [3.63, 3.8) is 0 Å². The van der Waals surface area contributed by atoms with Gasteiger partial charge in [-0.3, -0.25) is 4.79 Å². The normalized spacial score (nSPS) is 16.5. The second-order valence-corrected chi connectivity index (χ2v) is 7.71. The zero-order chi connectivity index (χ0) is 18.7. The molecule has 0 saturated heterocycles. The Morgan fingerprint density at radius 2 is 2.00 bits per heavy atom. The highest BCUT2D eigenvalue weighted by atomic mass is 16.3. The molecule has 2 aromatic heterocycles. The van der Waals surface area contributed by atoms with Gasteiger partial charge in [0.1, 0.15) is 12.4 Å². The predicted octanol–water partition coefficient (Wildman–Crippen LogP) is 3.84. The van der Waals surface area contributed by atoms with Crippen molar-refractivity contribution in [2.75, 3.05) is 5.32 Å². The van der Waals surface area contributed by atoms with E-state index in [0.29, 0.717) is 12.2 Å². The fraction of sp³-hybridized carbons (Fsp3) is 0.429. The first-order chi connectivity index (χ1) is 13.2. The highest BCUT2D eigenvalue weighted by Crippen LogP contribution is 2.41. The zero-order valence-electron chi connectivity index (χ0n) is 15.4. The van der Waals surface area contributed by atoms with E-state index in [0.717, 1.165) is 36.1 Å². The fourth-order valence-corrected chi connectivity index (χ4v) is 4.32. The number of aliphatic hydroxyl groups is 1. The van der Waals surface area contributed by atoms with Gasteiger partial charge in [-0.1, -0.05) is 19.3 Å². The summed E-state index contributed by atoms with van der Waals surface area (Å²) in [5.41, 5.74) is 2.39. The maximum Gasteiger partial charge on any atom is 0.224 e. The Bertz CT molecular complexity index is 908. The van der Waals surface area contributed by atoms with Gasteiger partial charge in [-0.05, 0) is 48.6 Å². The SMILES string of the molecule is O=C(CC1(Cn2cccc2)CCCCC1)Nc1ccc2nc(CO)[nH]c2c1. The van der Waals surface area contributed by atoms with Crippen LogP contribution in [0.4, 0.5) is 5.69 Å². The number of aliphatic hydroxyl groups excluding tert-OH is 1. The first-order valence-corrected chi connectivity index (χ1v) is 9.66. The van der Waals surface area contributed by atoms with Crippen LogP contribution >= 0.6 is 0 Å². The van der Waals surface area contributed by atoms with Crippen LogP contribution in [0.25, 0.3) is 11.0 Å². The van der Waals surface area contributed by atoms with Gasteiger partial charge >= 0.3 is 0 Å². The number of imidazole rings is 1. The number of anilines is 1. The summed E-state index contributed by atoms with van der Waals surface area (Å²) in [7, 11) is 0. The van der Waals surface area contributed by atoms with E-state index in [1.807, 2.05) is 30.3 Å². The van der Waals surface area contributed by atoms with E-state index < -0.39 is 0 Å². The van der Waals surface area contributed by atoms with Crippen molar-refractivity contribution in [3.05, 3.63) is 48.5 Å². The van der Waals surface area contributed by atoms with Crippen molar-refractivity contribution >= 4 is 22.6 Å². The smallest absolute Gasteiger partial charge is 0.224 e. The summed E-state index contributed by atoms with van der Waals surface area (Å²) in [6.45, 7) is 0.769. The fourth-order valence-electron chi connectivity index (χ4n) is 4.32. The number of hydrogen-bond donors (Lipinski definition) is 3.